The second kappa shape index (κ2) is 7.40. The molecule has 0 radical (unpaired) electrons. The Morgan fingerprint density at radius 2 is 2.04 bits per heavy atom. The van der Waals surface area contributed by atoms with Gasteiger partial charge >= 0.3 is 5.97 Å². The largest absolute Gasteiger partial charge is 0.482 e. The third kappa shape index (κ3) is 3.83. The highest BCUT2D eigenvalue weighted by molar-refractivity contribution is 6.32. The van der Waals surface area contributed by atoms with Gasteiger partial charge in [0.25, 0.3) is 0 Å². The number of fused-ring (bicyclic) bond motifs is 1. The van der Waals surface area contributed by atoms with E-state index in [0.29, 0.717) is 34.3 Å². The number of benzene rings is 2. The summed E-state index contributed by atoms with van der Waals surface area (Å²) >= 11 is 6.11. The van der Waals surface area contributed by atoms with Crippen LogP contribution < -0.4 is 9.47 Å². The van der Waals surface area contributed by atoms with E-state index in [9.17, 15) is 9.59 Å². The van der Waals surface area contributed by atoms with E-state index in [1.165, 1.54) is 0 Å². The number of esters is 1. The molecular weight excluding hydrogens is 344 g/mol. The first-order valence-corrected chi connectivity index (χ1v) is 8.07. The maximum atomic E-state index is 12.4. The Labute approximate surface area is 149 Å². The number of carbonyl (C=O) groups is 2. The van der Waals surface area contributed by atoms with Crippen LogP contribution in [0.25, 0.3) is 6.08 Å². The molecule has 25 heavy (non-hydrogen) atoms. The van der Waals surface area contributed by atoms with Crippen LogP contribution >= 0.6 is 11.6 Å². The standard InChI is InChI=1S/C19H15ClO5/c1-2-23-18(21)11-24-13-7-8-14-16(10-13)25-17(19(14)22)9-12-5-3-4-6-15(12)20/h3-10H,2,11H2,1H3. The maximum absolute atomic E-state index is 12.4. The molecule has 2 aromatic rings. The molecule has 0 amide bonds. The van der Waals surface area contributed by atoms with Crippen LogP contribution in [0.1, 0.15) is 22.8 Å². The van der Waals surface area contributed by atoms with Crippen LogP contribution in [0, 0.1) is 0 Å². The van der Waals surface area contributed by atoms with E-state index in [-0.39, 0.29) is 18.1 Å². The van der Waals surface area contributed by atoms with Gasteiger partial charge < -0.3 is 14.2 Å². The highest BCUT2D eigenvalue weighted by Gasteiger charge is 2.28. The fraction of sp³-hybridized carbons (Fsp3) is 0.158. The van der Waals surface area contributed by atoms with E-state index in [1.54, 1.807) is 43.3 Å². The molecular formula is C19H15ClO5. The molecule has 0 N–H and O–H groups in total. The van der Waals surface area contributed by atoms with Crippen molar-refractivity contribution < 1.29 is 23.8 Å². The molecule has 0 saturated heterocycles. The van der Waals surface area contributed by atoms with Crippen molar-refractivity contribution in [2.75, 3.05) is 13.2 Å². The Kier molecular flexibility index (Phi) is 5.05. The predicted molar refractivity (Wildman–Crippen MR) is 93.0 cm³/mol. The zero-order valence-electron chi connectivity index (χ0n) is 13.5. The van der Waals surface area contributed by atoms with Crippen LogP contribution in [0.15, 0.2) is 48.2 Å². The lowest BCUT2D eigenvalue weighted by molar-refractivity contribution is -0.145. The molecule has 0 saturated carbocycles. The number of hydrogen-bond donors (Lipinski definition) is 0. The van der Waals surface area contributed by atoms with Gasteiger partial charge in [-0.05, 0) is 36.8 Å². The lowest BCUT2D eigenvalue weighted by Crippen LogP contribution is -2.14. The minimum Gasteiger partial charge on any atom is -0.482 e. The molecule has 0 aliphatic carbocycles. The predicted octanol–water partition coefficient (Wildman–Crippen LogP) is 3.90. The molecule has 128 valence electrons. The van der Waals surface area contributed by atoms with Crippen molar-refractivity contribution in [1.29, 1.82) is 0 Å². The minimum atomic E-state index is -0.459. The van der Waals surface area contributed by atoms with Gasteiger partial charge in [0.05, 0.1) is 12.2 Å². The topological polar surface area (TPSA) is 61.8 Å². The fourth-order valence-corrected chi connectivity index (χ4v) is 2.53. The summed E-state index contributed by atoms with van der Waals surface area (Å²) in [5.74, 6) is 0.292. The molecule has 0 spiro atoms. The summed E-state index contributed by atoms with van der Waals surface area (Å²) in [7, 11) is 0. The van der Waals surface area contributed by atoms with Crippen LogP contribution in [0.2, 0.25) is 5.02 Å². The van der Waals surface area contributed by atoms with Gasteiger partial charge in [-0.3, -0.25) is 4.79 Å². The van der Waals surface area contributed by atoms with Gasteiger partial charge in [0.2, 0.25) is 5.78 Å². The second-order valence-electron chi connectivity index (χ2n) is 5.21. The van der Waals surface area contributed by atoms with Crippen molar-refractivity contribution in [3.05, 3.63) is 64.4 Å². The van der Waals surface area contributed by atoms with Crippen molar-refractivity contribution in [2.24, 2.45) is 0 Å². The van der Waals surface area contributed by atoms with E-state index < -0.39 is 5.97 Å². The summed E-state index contributed by atoms with van der Waals surface area (Å²) < 4.78 is 15.8. The fourth-order valence-electron chi connectivity index (χ4n) is 2.34. The Hall–Kier alpha value is -2.79. The lowest BCUT2D eigenvalue weighted by Gasteiger charge is -2.06. The summed E-state index contributed by atoms with van der Waals surface area (Å²) in [6, 6.07) is 11.9. The van der Waals surface area contributed by atoms with Gasteiger partial charge in [-0.15, -0.1) is 0 Å². The molecule has 3 rings (SSSR count). The number of carbonyl (C=O) groups excluding carboxylic acids is 2. The molecule has 0 fully saturated rings. The number of allylic oxidation sites excluding steroid dienone is 1. The minimum absolute atomic E-state index is 0.186. The summed E-state index contributed by atoms with van der Waals surface area (Å²) in [6.45, 7) is 1.81. The lowest BCUT2D eigenvalue weighted by atomic mass is 10.1. The average Bonchev–Trinajstić information content (AvgIpc) is 2.91. The third-order valence-electron chi connectivity index (χ3n) is 3.50. The highest BCUT2D eigenvalue weighted by atomic mass is 35.5. The van der Waals surface area contributed by atoms with E-state index >= 15 is 0 Å². The van der Waals surface area contributed by atoms with Crippen molar-refractivity contribution >= 4 is 29.4 Å². The summed E-state index contributed by atoms with van der Waals surface area (Å²) in [5, 5.41) is 0.529. The van der Waals surface area contributed by atoms with Crippen LogP contribution in [0.3, 0.4) is 0 Å². The van der Waals surface area contributed by atoms with Crippen molar-refractivity contribution in [3.8, 4) is 11.5 Å². The molecule has 2 aromatic carbocycles. The van der Waals surface area contributed by atoms with Gasteiger partial charge in [-0.1, -0.05) is 29.8 Å². The van der Waals surface area contributed by atoms with Gasteiger partial charge in [0.15, 0.2) is 12.4 Å². The number of halogens is 1. The van der Waals surface area contributed by atoms with E-state index in [1.807, 2.05) is 12.1 Å². The first kappa shape index (κ1) is 17.0. The Morgan fingerprint density at radius 3 is 2.80 bits per heavy atom. The zero-order chi connectivity index (χ0) is 17.8. The molecule has 5 nitrogen and oxygen atoms in total. The van der Waals surface area contributed by atoms with E-state index in [4.69, 9.17) is 25.8 Å². The molecule has 1 heterocycles. The number of rotatable bonds is 5. The molecule has 0 aromatic heterocycles. The van der Waals surface area contributed by atoms with Crippen LogP contribution in [-0.4, -0.2) is 25.0 Å². The summed E-state index contributed by atoms with van der Waals surface area (Å²) in [6.07, 6.45) is 1.60. The zero-order valence-corrected chi connectivity index (χ0v) is 14.2. The molecule has 6 heteroatoms. The normalized spacial score (nSPS) is 14.2. The highest BCUT2D eigenvalue weighted by Crippen LogP contribution is 2.35. The smallest absolute Gasteiger partial charge is 0.344 e. The quantitative estimate of drug-likeness (QED) is 0.599. The first-order valence-electron chi connectivity index (χ1n) is 7.69. The van der Waals surface area contributed by atoms with Crippen molar-refractivity contribution in [1.82, 2.24) is 0 Å². The second-order valence-corrected chi connectivity index (χ2v) is 5.62. The summed E-state index contributed by atoms with van der Waals surface area (Å²) in [5.41, 5.74) is 1.13. The van der Waals surface area contributed by atoms with Crippen molar-refractivity contribution in [3.63, 3.8) is 0 Å². The Bertz CT molecular complexity index is 857. The van der Waals surface area contributed by atoms with Crippen LogP contribution in [0.4, 0.5) is 0 Å². The van der Waals surface area contributed by atoms with Crippen LogP contribution in [-0.2, 0) is 9.53 Å². The Balaban J connectivity index is 1.77. The maximum Gasteiger partial charge on any atom is 0.344 e. The van der Waals surface area contributed by atoms with Gasteiger partial charge in [-0.25, -0.2) is 4.79 Å². The SMILES string of the molecule is CCOC(=O)COc1ccc2c(c1)OC(=Cc1ccccc1Cl)C2=O. The molecule has 1 aliphatic rings. The van der Waals surface area contributed by atoms with Gasteiger partial charge in [-0.2, -0.15) is 0 Å². The van der Waals surface area contributed by atoms with E-state index in [0.717, 1.165) is 0 Å². The van der Waals surface area contributed by atoms with Gasteiger partial charge in [0, 0.05) is 11.1 Å². The Morgan fingerprint density at radius 1 is 1.24 bits per heavy atom. The van der Waals surface area contributed by atoms with Gasteiger partial charge in [0.1, 0.15) is 11.5 Å². The molecule has 0 unspecified atom stereocenters. The number of ketones is 1. The molecule has 1 aliphatic heterocycles. The first-order chi connectivity index (χ1) is 12.1. The average molecular weight is 359 g/mol. The number of ether oxygens (including phenoxy) is 3. The van der Waals surface area contributed by atoms with Crippen molar-refractivity contribution in [2.45, 2.75) is 6.92 Å². The number of Topliss-reactive ketones (excluding diaryl/α,β-unsaturated/α-hetero) is 1. The molecule has 0 atom stereocenters. The monoisotopic (exact) mass is 358 g/mol. The summed E-state index contributed by atoms with van der Waals surface area (Å²) in [4.78, 5) is 23.8. The van der Waals surface area contributed by atoms with Crippen LogP contribution in [0.5, 0.6) is 11.5 Å². The van der Waals surface area contributed by atoms with E-state index in [2.05, 4.69) is 0 Å². The molecule has 0 bridgehead atoms. The number of hydrogen-bond acceptors (Lipinski definition) is 5. The third-order valence-corrected chi connectivity index (χ3v) is 3.84.